The number of para-hydroxylation sites is 3. The molecule has 10 aromatic carbocycles. The van der Waals surface area contributed by atoms with Gasteiger partial charge < -0.3 is 9.47 Å². The average molecular weight is 765 g/mol. The number of hydrogen-bond acceptors (Lipinski definition) is 1. The second-order valence-electron chi connectivity index (χ2n) is 15.4. The van der Waals surface area contributed by atoms with Gasteiger partial charge in [-0.2, -0.15) is 0 Å². The summed E-state index contributed by atoms with van der Waals surface area (Å²) < 4.78 is 2.40. The molecule has 60 heavy (non-hydrogen) atoms. The Kier molecular flexibility index (Phi) is 8.87. The molecule has 0 aliphatic rings. The summed E-state index contributed by atoms with van der Waals surface area (Å²) in [6.45, 7) is 0. The van der Waals surface area contributed by atoms with E-state index < -0.39 is 0 Å². The third-order valence-electron chi connectivity index (χ3n) is 11.8. The summed E-state index contributed by atoms with van der Waals surface area (Å²) in [5.41, 5.74) is 16.3. The SMILES string of the molecule is c1ccc(-c2cccc(-c3cc(N(c4ccccc4)c4ccc(-c5ccc6ccccc6c5)cc4)ccc3-c3cccc(-n4c5ccccc5c5ccccc54)c3)c2)cc1. The van der Waals surface area contributed by atoms with Crippen LogP contribution in [0.25, 0.3) is 82.8 Å². The number of aromatic nitrogens is 1. The smallest absolute Gasteiger partial charge is 0.0541 e. The molecule has 11 aromatic rings. The highest BCUT2D eigenvalue weighted by molar-refractivity contribution is 6.09. The first-order chi connectivity index (χ1) is 29.7. The fraction of sp³-hybridized carbons (Fsp3) is 0. The molecule has 2 nitrogen and oxygen atoms in total. The van der Waals surface area contributed by atoms with E-state index >= 15 is 0 Å². The van der Waals surface area contributed by atoms with Gasteiger partial charge in [-0.15, -0.1) is 0 Å². The molecule has 1 aromatic heterocycles. The second-order valence-corrected chi connectivity index (χ2v) is 15.4. The van der Waals surface area contributed by atoms with Gasteiger partial charge in [0.15, 0.2) is 0 Å². The van der Waals surface area contributed by atoms with Crippen LogP contribution in [0.5, 0.6) is 0 Å². The van der Waals surface area contributed by atoms with E-state index in [1.807, 2.05) is 0 Å². The van der Waals surface area contributed by atoms with Gasteiger partial charge in [0.1, 0.15) is 0 Å². The number of benzene rings is 10. The van der Waals surface area contributed by atoms with Gasteiger partial charge in [-0.25, -0.2) is 0 Å². The Balaban J connectivity index is 1.07. The van der Waals surface area contributed by atoms with E-state index in [0.717, 1.165) is 33.9 Å². The van der Waals surface area contributed by atoms with Crippen LogP contribution in [-0.2, 0) is 0 Å². The summed E-state index contributed by atoms with van der Waals surface area (Å²) in [6, 6.07) is 88.0. The predicted molar refractivity (Wildman–Crippen MR) is 255 cm³/mol. The van der Waals surface area contributed by atoms with Crippen LogP contribution in [0.3, 0.4) is 0 Å². The van der Waals surface area contributed by atoms with Crippen LogP contribution < -0.4 is 4.90 Å². The summed E-state index contributed by atoms with van der Waals surface area (Å²) in [6.07, 6.45) is 0. The quantitative estimate of drug-likeness (QED) is 0.150. The Labute approximate surface area is 350 Å². The van der Waals surface area contributed by atoms with Crippen LogP contribution in [0.4, 0.5) is 17.1 Å². The molecule has 282 valence electrons. The average Bonchev–Trinajstić information content (AvgIpc) is 3.67. The van der Waals surface area contributed by atoms with Crippen LogP contribution in [0.15, 0.2) is 243 Å². The number of hydrogen-bond donors (Lipinski definition) is 0. The van der Waals surface area contributed by atoms with Gasteiger partial charge in [-0.3, -0.25) is 0 Å². The Hall–Kier alpha value is -7.94. The monoisotopic (exact) mass is 764 g/mol. The molecule has 11 rings (SSSR count). The minimum absolute atomic E-state index is 1.09. The molecule has 0 aliphatic heterocycles. The van der Waals surface area contributed by atoms with Crippen molar-refractivity contribution < 1.29 is 0 Å². The van der Waals surface area contributed by atoms with E-state index in [4.69, 9.17) is 0 Å². The van der Waals surface area contributed by atoms with Crippen LogP contribution in [0.2, 0.25) is 0 Å². The molecule has 0 unspecified atom stereocenters. The Bertz CT molecular complexity index is 3250. The molecule has 0 radical (unpaired) electrons. The summed E-state index contributed by atoms with van der Waals surface area (Å²) >= 11 is 0. The minimum atomic E-state index is 1.09. The Morgan fingerprint density at radius 2 is 0.783 bits per heavy atom. The van der Waals surface area contributed by atoms with E-state index in [1.54, 1.807) is 0 Å². The maximum Gasteiger partial charge on any atom is 0.0541 e. The van der Waals surface area contributed by atoms with Gasteiger partial charge in [0, 0.05) is 33.5 Å². The molecular formula is C58H40N2. The zero-order valence-electron chi connectivity index (χ0n) is 33.0. The van der Waals surface area contributed by atoms with Crippen molar-refractivity contribution in [3.05, 3.63) is 243 Å². The van der Waals surface area contributed by atoms with Gasteiger partial charge in [-0.05, 0) is 128 Å². The van der Waals surface area contributed by atoms with E-state index in [-0.39, 0.29) is 0 Å². The molecular weight excluding hydrogens is 725 g/mol. The zero-order chi connectivity index (χ0) is 39.8. The van der Waals surface area contributed by atoms with Crippen LogP contribution >= 0.6 is 0 Å². The lowest BCUT2D eigenvalue weighted by Gasteiger charge is -2.27. The van der Waals surface area contributed by atoms with Crippen LogP contribution in [0, 0.1) is 0 Å². The Morgan fingerprint density at radius 3 is 1.53 bits per heavy atom. The van der Waals surface area contributed by atoms with Crippen LogP contribution in [0.1, 0.15) is 0 Å². The molecule has 2 heteroatoms. The summed E-state index contributed by atoms with van der Waals surface area (Å²) in [7, 11) is 0. The fourth-order valence-corrected chi connectivity index (χ4v) is 8.87. The highest BCUT2D eigenvalue weighted by Crippen LogP contribution is 2.43. The van der Waals surface area contributed by atoms with Crippen molar-refractivity contribution in [2.75, 3.05) is 4.90 Å². The van der Waals surface area contributed by atoms with Crippen molar-refractivity contribution >= 4 is 49.6 Å². The van der Waals surface area contributed by atoms with Crippen molar-refractivity contribution in [1.82, 2.24) is 4.57 Å². The van der Waals surface area contributed by atoms with Crippen LogP contribution in [-0.4, -0.2) is 4.57 Å². The molecule has 0 bridgehead atoms. The molecule has 0 atom stereocenters. The first kappa shape index (κ1) is 35.2. The van der Waals surface area contributed by atoms with E-state index in [2.05, 4.69) is 252 Å². The van der Waals surface area contributed by atoms with Crippen molar-refractivity contribution in [3.63, 3.8) is 0 Å². The standard InChI is InChI=1S/C58H40N2/c1-3-15-41(16-4-1)45-19-13-20-47(38-45)56-40-52(35-36-53(56)48-21-14-24-51(39-48)60-57-27-11-9-25-54(57)55-26-10-12-28-58(55)60)59(49-22-5-2-6-23-49)50-33-31-43(32-34-50)46-30-29-42-17-7-8-18-44(42)37-46/h1-40H. The van der Waals surface area contributed by atoms with Gasteiger partial charge in [-0.1, -0.05) is 170 Å². The maximum absolute atomic E-state index is 2.40. The maximum atomic E-state index is 2.40. The normalized spacial score (nSPS) is 11.3. The molecule has 0 saturated heterocycles. The lowest BCUT2D eigenvalue weighted by Crippen LogP contribution is -2.10. The van der Waals surface area contributed by atoms with Gasteiger partial charge in [0.25, 0.3) is 0 Å². The summed E-state index contributed by atoms with van der Waals surface area (Å²) in [4.78, 5) is 2.37. The lowest BCUT2D eigenvalue weighted by atomic mass is 9.91. The van der Waals surface area contributed by atoms with E-state index in [1.165, 1.54) is 66.0 Å². The Morgan fingerprint density at radius 1 is 0.267 bits per heavy atom. The summed E-state index contributed by atoms with van der Waals surface area (Å²) in [5.74, 6) is 0. The highest BCUT2D eigenvalue weighted by atomic mass is 15.1. The molecule has 0 saturated carbocycles. The number of anilines is 3. The highest BCUT2D eigenvalue weighted by Gasteiger charge is 2.18. The fourth-order valence-electron chi connectivity index (χ4n) is 8.87. The van der Waals surface area contributed by atoms with Gasteiger partial charge in [0.05, 0.1) is 11.0 Å². The van der Waals surface area contributed by atoms with Gasteiger partial charge >= 0.3 is 0 Å². The van der Waals surface area contributed by atoms with Crippen molar-refractivity contribution in [1.29, 1.82) is 0 Å². The molecule has 1 heterocycles. The number of rotatable bonds is 8. The second kappa shape index (κ2) is 15.1. The van der Waals surface area contributed by atoms with Gasteiger partial charge in [0.2, 0.25) is 0 Å². The molecule has 0 aliphatic carbocycles. The lowest BCUT2D eigenvalue weighted by molar-refractivity contribution is 1.18. The first-order valence-corrected chi connectivity index (χ1v) is 20.6. The van der Waals surface area contributed by atoms with E-state index in [0.29, 0.717) is 0 Å². The molecule has 0 N–H and O–H groups in total. The van der Waals surface area contributed by atoms with Crippen molar-refractivity contribution in [2.24, 2.45) is 0 Å². The molecule has 0 spiro atoms. The first-order valence-electron chi connectivity index (χ1n) is 20.6. The number of fused-ring (bicyclic) bond motifs is 4. The summed E-state index contributed by atoms with van der Waals surface area (Å²) in [5, 5.41) is 5.01. The topological polar surface area (TPSA) is 8.17 Å². The van der Waals surface area contributed by atoms with E-state index in [9.17, 15) is 0 Å². The zero-order valence-corrected chi connectivity index (χ0v) is 33.0. The van der Waals surface area contributed by atoms with Crippen molar-refractivity contribution in [2.45, 2.75) is 0 Å². The third-order valence-corrected chi connectivity index (χ3v) is 11.8. The number of nitrogens with zero attached hydrogens (tertiary/aromatic N) is 2. The largest absolute Gasteiger partial charge is 0.310 e. The third kappa shape index (κ3) is 6.41. The minimum Gasteiger partial charge on any atom is -0.310 e. The molecule has 0 fully saturated rings. The van der Waals surface area contributed by atoms with Crippen molar-refractivity contribution in [3.8, 4) is 50.2 Å². The predicted octanol–water partition coefficient (Wildman–Crippen LogP) is 16.1. The molecule has 0 amide bonds.